The average molecular weight is 676 g/mol. The molecule has 1 aliphatic heterocycles. The van der Waals surface area contributed by atoms with Gasteiger partial charge in [-0.15, -0.1) is 10.2 Å². The summed E-state index contributed by atoms with van der Waals surface area (Å²) in [5, 5.41) is 21.4. The number of ketones is 1. The van der Waals surface area contributed by atoms with Crippen molar-refractivity contribution in [1.82, 2.24) is 10.2 Å². The molecule has 6 rings (SSSR count). The zero-order valence-corrected chi connectivity index (χ0v) is 27.5. The lowest BCUT2D eigenvalue weighted by Crippen LogP contribution is -2.31. The normalized spacial score (nSPS) is 14.8. The zero-order chi connectivity index (χ0) is 32.2. The van der Waals surface area contributed by atoms with Crippen LogP contribution in [0, 0.1) is 0 Å². The molecule has 12 heteroatoms. The Bertz CT molecular complexity index is 1900. The van der Waals surface area contributed by atoms with Gasteiger partial charge in [0.05, 0.1) is 25.3 Å². The number of aliphatic hydroxyl groups excluding tert-OH is 1. The molecule has 9 nitrogen and oxygen atoms in total. The van der Waals surface area contributed by atoms with Crippen molar-refractivity contribution in [3.8, 4) is 11.5 Å². The van der Waals surface area contributed by atoms with Crippen molar-refractivity contribution < 1.29 is 28.6 Å². The molecule has 1 unspecified atom stereocenters. The SMILES string of the molecule is CCCCCOc1ccc(C2C(C(=O)c3cc4cccc(OC)c4o3)=C(O)C(=O)N2c2nnc(SCc3ccc(Cl)cc3)s2)cc1. The second-order valence-electron chi connectivity index (χ2n) is 10.5. The third-order valence-corrected chi connectivity index (χ3v) is 9.87. The van der Waals surface area contributed by atoms with Gasteiger partial charge in [0.15, 0.2) is 27.2 Å². The lowest BCUT2D eigenvalue weighted by molar-refractivity contribution is -0.117. The molecule has 1 amide bonds. The number of rotatable bonds is 13. The van der Waals surface area contributed by atoms with Gasteiger partial charge in [-0.25, -0.2) is 0 Å². The third kappa shape index (κ3) is 6.48. The monoisotopic (exact) mass is 675 g/mol. The summed E-state index contributed by atoms with van der Waals surface area (Å²) >= 11 is 8.67. The number of amides is 1. The fourth-order valence-electron chi connectivity index (χ4n) is 5.16. The van der Waals surface area contributed by atoms with Crippen molar-refractivity contribution in [3.05, 3.63) is 106 Å². The molecule has 0 saturated carbocycles. The number of para-hydroxylation sites is 1. The predicted octanol–water partition coefficient (Wildman–Crippen LogP) is 8.59. The van der Waals surface area contributed by atoms with Crippen LogP contribution in [0.1, 0.15) is 53.9 Å². The van der Waals surface area contributed by atoms with E-state index in [4.69, 9.17) is 25.5 Å². The Hall–Kier alpha value is -4.32. The molecule has 0 aliphatic carbocycles. The maximum atomic E-state index is 14.1. The highest BCUT2D eigenvalue weighted by atomic mass is 35.5. The summed E-state index contributed by atoms with van der Waals surface area (Å²) in [4.78, 5) is 29.1. The van der Waals surface area contributed by atoms with Crippen LogP contribution in [-0.4, -0.2) is 40.7 Å². The van der Waals surface area contributed by atoms with Gasteiger partial charge >= 0.3 is 0 Å². The van der Waals surface area contributed by atoms with E-state index in [1.807, 2.05) is 24.3 Å². The van der Waals surface area contributed by atoms with E-state index in [1.54, 1.807) is 48.5 Å². The van der Waals surface area contributed by atoms with Crippen LogP contribution < -0.4 is 14.4 Å². The van der Waals surface area contributed by atoms with Crippen LogP contribution in [0.4, 0.5) is 5.13 Å². The number of thioether (sulfide) groups is 1. The Morgan fingerprint density at radius 1 is 1.09 bits per heavy atom. The number of furan rings is 1. The first kappa shape index (κ1) is 31.7. The van der Waals surface area contributed by atoms with Crippen LogP contribution in [-0.2, 0) is 10.5 Å². The summed E-state index contributed by atoms with van der Waals surface area (Å²) in [5.41, 5.74) is 1.90. The first-order chi connectivity index (χ1) is 22.4. The fourth-order valence-corrected chi connectivity index (χ4v) is 7.11. The number of aliphatic hydroxyl groups is 1. The van der Waals surface area contributed by atoms with Crippen LogP contribution in [0.5, 0.6) is 11.5 Å². The Morgan fingerprint density at radius 3 is 2.61 bits per heavy atom. The number of unbranched alkanes of at least 4 members (excludes halogenated alkanes) is 2. The van der Waals surface area contributed by atoms with Gasteiger partial charge in [-0.05, 0) is 53.9 Å². The summed E-state index contributed by atoms with van der Waals surface area (Å²) in [7, 11) is 1.51. The van der Waals surface area contributed by atoms with Crippen molar-refractivity contribution >= 4 is 62.5 Å². The van der Waals surface area contributed by atoms with Gasteiger partial charge in [-0.2, -0.15) is 0 Å². The molecule has 0 spiro atoms. The number of aromatic nitrogens is 2. The highest BCUT2D eigenvalue weighted by Crippen LogP contribution is 2.45. The number of nitrogens with zero attached hydrogens (tertiary/aromatic N) is 3. The molecule has 3 heterocycles. The third-order valence-electron chi connectivity index (χ3n) is 7.49. The number of carbonyl (C=O) groups excluding carboxylic acids is 2. The van der Waals surface area contributed by atoms with Gasteiger partial charge in [0.25, 0.3) is 5.91 Å². The van der Waals surface area contributed by atoms with Crippen LogP contribution >= 0.6 is 34.7 Å². The Balaban J connectivity index is 1.33. The van der Waals surface area contributed by atoms with Gasteiger partial charge in [0.2, 0.25) is 10.9 Å². The van der Waals surface area contributed by atoms with Crippen molar-refractivity contribution in [2.24, 2.45) is 0 Å². The number of benzene rings is 3. The number of methoxy groups -OCH3 is 1. The Morgan fingerprint density at radius 2 is 1.87 bits per heavy atom. The molecular weight excluding hydrogens is 646 g/mol. The molecule has 0 bridgehead atoms. The van der Waals surface area contributed by atoms with Gasteiger partial charge in [0, 0.05) is 16.2 Å². The van der Waals surface area contributed by atoms with E-state index < -0.39 is 23.5 Å². The molecule has 0 fully saturated rings. The fraction of sp³-hybridized carbons (Fsp3) is 0.235. The second-order valence-corrected chi connectivity index (χ2v) is 13.2. The number of halogens is 1. The molecule has 1 atom stereocenters. The summed E-state index contributed by atoms with van der Waals surface area (Å²) in [6.07, 6.45) is 3.10. The topological polar surface area (TPSA) is 115 Å². The van der Waals surface area contributed by atoms with Gasteiger partial charge in [-0.1, -0.05) is 90.9 Å². The highest BCUT2D eigenvalue weighted by molar-refractivity contribution is 8.00. The predicted molar refractivity (Wildman–Crippen MR) is 179 cm³/mol. The quantitative estimate of drug-likeness (QED) is 0.0567. The van der Waals surface area contributed by atoms with E-state index >= 15 is 0 Å². The number of carbonyl (C=O) groups is 2. The maximum Gasteiger partial charge on any atom is 0.296 e. The molecule has 0 radical (unpaired) electrons. The standard InChI is InChI=1S/C34H30ClN3O6S2/c1-3-4-5-17-43-24-15-11-21(12-16-24)28-27(29(39)26-18-22-7-6-8-25(42-2)31(22)44-26)30(40)32(41)38(28)33-36-37-34(46-33)45-19-20-9-13-23(35)14-10-20/h6-16,18,28,40H,3-5,17,19H2,1-2H3. The van der Waals surface area contributed by atoms with E-state index in [-0.39, 0.29) is 16.5 Å². The Labute approximate surface area is 278 Å². The molecule has 5 aromatic rings. The van der Waals surface area contributed by atoms with Crippen LogP contribution in [0.2, 0.25) is 5.02 Å². The first-order valence-electron chi connectivity index (χ1n) is 14.7. The van der Waals surface area contributed by atoms with Crippen LogP contribution in [0.15, 0.2) is 92.9 Å². The maximum absolute atomic E-state index is 14.1. The van der Waals surface area contributed by atoms with Gasteiger partial charge in [-0.3, -0.25) is 14.5 Å². The molecular formula is C34H30ClN3O6S2. The van der Waals surface area contributed by atoms with Crippen molar-refractivity contribution in [1.29, 1.82) is 0 Å². The van der Waals surface area contributed by atoms with E-state index in [9.17, 15) is 14.7 Å². The van der Waals surface area contributed by atoms with Crippen molar-refractivity contribution in [3.63, 3.8) is 0 Å². The molecule has 236 valence electrons. The number of Topliss-reactive ketones (excluding diaryl/α,β-unsaturated/α-hetero) is 1. The molecule has 46 heavy (non-hydrogen) atoms. The molecule has 1 N–H and O–H groups in total. The van der Waals surface area contributed by atoms with Gasteiger partial charge < -0.3 is 19.0 Å². The number of fused-ring (bicyclic) bond motifs is 1. The lowest BCUT2D eigenvalue weighted by Gasteiger charge is -2.24. The molecule has 0 saturated heterocycles. The van der Waals surface area contributed by atoms with E-state index in [0.29, 0.717) is 49.8 Å². The summed E-state index contributed by atoms with van der Waals surface area (Å²) in [6.45, 7) is 2.72. The van der Waals surface area contributed by atoms with Crippen LogP contribution in [0.25, 0.3) is 11.0 Å². The number of hydrogen-bond donors (Lipinski definition) is 1. The van der Waals surface area contributed by atoms with Crippen LogP contribution in [0.3, 0.4) is 0 Å². The lowest BCUT2D eigenvalue weighted by atomic mass is 9.95. The van der Waals surface area contributed by atoms with Crippen molar-refractivity contribution in [2.75, 3.05) is 18.6 Å². The zero-order valence-electron chi connectivity index (χ0n) is 25.1. The van der Waals surface area contributed by atoms with E-state index in [2.05, 4.69) is 17.1 Å². The summed E-state index contributed by atoms with van der Waals surface area (Å²) in [6, 6.07) is 20.5. The smallest absolute Gasteiger partial charge is 0.296 e. The first-order valence-corrected chi connectivity index (χ1v) is 16.9. The largest absolute Gasteiger partial charge is 0.503 e. The number of anilines is 1. The number of hydrogen-bond acceptors (Lipinski definition) is 10. The minimum Gasteiger partial charge on any atom is -0.503 e. The van der Waals surface area contributed by atoms with E-state index in [0.717, 1.165) is 24.8 Å². The summed E-state index contributed by atoms with van der Waals surface area (Å²) < 4.78 is 17.8. The minimum atomic E-state index is -0.994. The number of ether oxygens (including phenoxy) is 2. The highest BCUT2D eigenvalue weighted by Gasteiger charge is 2.47. The average Bonchev–Trinajstić information content (AvgIpc) is 3.79. The molecule has 1 aliphatic rings. The van der Waals surface area contributed by atoms with Crippen molar-refractivity contribution in [2.45, 2.75) is 42.3 Å². The molecule has 2 aromatic heterocycles. The molecule has 3 aromatic carbocycles. The second kappa shape index (κ2) is 14.0. The minimum absolute atomic E-state index is 0.0342. The van der Waals surface area contributed by atoms with Gasteiger partial charge in [0.1, 0.15) is 5.75 Å². The van der Waals surface area contributed by atoms with E-state index in [1.165, 1.54) is 35.1 Å². The summed E-state index contributed by atoms with van der Waals surface area (Å²) in [5.74, 6) is -0.349. The Kier molecular flexibility index (Phi) is 9.62.